The lowest BCUT2D eigenvalue weighted by Gasteiger charge is -2.18. The number of methoxy groups -OCH3 is 1. The molecule has 0 saturated carbocycles. The van der Waals surface area contributed by atoms with Crippen LogP contribution in [0.25, 0.3) is 28.2 Å². The fourth-order valence-corrected chi connectivity index (χ4v) is 4.47. The van der Waals surface area contributed by atoms with Crippen molar-refractivity contribution in [2.45, 2.75) is 32.5 Å². The van der Waals surface area contributed by atoms with Gasteiger partial charge in [0.15, 0.2) is 0 Å². The van der Waals surface area contributed by atoms with Gasteiger partial charge in [0.05, 0.1) is 29.7 Å². The lowest BCUT2D eigenvalue weighted by Crippen LogP contribution is -2.27. The van der Waals surface area contributed by atoms with Crippen LogP contribution in [-0.4, -0.2) is 33.1 Å². The van der Waals surface area contributed by atoms with Crippen LogP contribution in [0.2, 0.25) is 0 Å². The van der Waals surface area contributed by atoms with Gasteiger partial charge < -0.3 is 10.1 Å². The molecule has 1 atom stereocenters. The monoisotopic (exact) mass is 493 g/mol. The summed E-state index contributed by atoms with van der Waals surface area (Å²) in [6, 6.07) is 12.2. The fourth-order valence-electron chi connectivity index (χ4n) is 4.47. The molecule has 36 heavy (non-hydrogen) atoms. The molecule has 1 N–H and O–H groups in total. The van der Waals surface area contributed by atoms with Crippen molar-refractivity contribution in [3.05, 3.63) is 81.8 Å². The zero-order valence-corrected chi connectivity index (χ0v) is 19.7. The number of halogens is 3. The van der Waals surface area contributed by atoms with E-state index in [1.165, 1.54) is 25.4 Å². The number of nitrogens with one attached hydrogen (secondary N) is 1. The summed E-state index contributed by atoms with van der Waals surface area (Å²) in [5.41, 5.74) is 1.58. The molecule has 1 unspecified atom stereocenters. The Hall–Kier alpha value is -4.21. The van der Waals surface area contributed by atoms with Gasteiger partial charge in [0.1, 0.15) is 11.4 Å². The minimum atomic E-state index is -4.72. The number of nitrogens with zero attached hydrogens (tertiary/aromatic N) is 4. The Morgan fingerprint density at radius 3 is 2.61 bits per heavy atom. The van der Waals surface area contributed by atoms with Crippen LogP contribution in [0, 0.1) is 6.92 Å². The molecule has 0 spiro atoms. The van der Waals surface area contributed by atoms with E-state index in [4.69, 9.17) is 4.74 Å². The molecule has 0 bridgehead atoms. The van der Waals surface area contributed by atoms with E-state index in [2.05, 4.69) is 20.6 Å². The maximum Gasteiger partial charge on any atom is 0.418 e. The first-order valence-corrected chi connectivity index (χ1v) is 11.2. The Kier molecular flexibility index (Phi) is 5.74. The lowest BCUT2D eigenvalue weighted by molar-refractivity contribution is -0.137. The SMILES string of the molecule is COc1cc(C)cc(-c2nn(-c3cc(-c4cccnn4)ccc3C(F)(F)F)c(=O)c3c2CC(C)N3)c1. The smallest absolute Gasteiger partial charge is 0.418 e. The van der Waals surface area contributed by atoms with Gasteiger partial charge in [-0.15, -0.1) is 0 Å². The summed E-state index contributed by atoms with van der Waals surface area (Å²) in [7, 11) is 1.54. The summed E-state index contributed by atoms with van der Waals surface area (Å²) < 4.78 is 48.5. The summed E-state index contributed by atoms with van der Waals surface area (Å²) in [6.07, 6.45) is -2.74. The molecule has 4 aromatic rings. The Balaban J connectivity index is 1.81. The number of fused-ring (bicyclic) bond motifs is 1. The third-order valence-corrected chi connectivity index (χ3v) is 6.05. The average Bonchev–Trinajstić information content (AvgIpc) is 3.25. The molecule has 5 rings (SSSR count). The summed E-state index contributed by atoms with van der Waals surface area (Å²) in [4.78, 5) is 13.5. The molecular weight excluding hydrogens is 471 g/mol. The van der Waals surface area contributed by atoms with Crippen LogP contribution in [0.15, 0.2) is 59.5 Å². The molecule has 2 aromatic carbocycles. The molecule has 1 aliphatic heterocycles. The van der Waals surface area contributed by atoms with E-state index in [0.717, 1.165) is 16.3 Å². The molecule has 10 heteroatoms. The van der Waals surface area contributed by atoms with Gasteiger partial charge in [-0.2, -0.15) is 33.1 Å². The molecule has 0 saturated heterocycles. The zero-order valence-electron chi connectivity index (χ0n) is 19.7. The van der Waals surface area contributed by atoms with E-state index < -0.39 is 17.3 Å². The van der Waals surface area contributed by atoms with Crippen molar-refractivity contribution in [3.63, 3.8) is 0 Å². The number of benzene rings is 2. The van der Waals surface area contributed by atoms with Gasteiger partial charge in [-0.3, -0.25) is 4.79 Å². The van der Waals surface area contributed by atoms with Crippen LogP contribution in [0.4, 0.5) is 18.9 Å². The topological polar surface area (TPSA) is 81.9 Å². The predicted octanol–water partition coefficient (Wildman–Crippen LogP) is 5.05. The van der Waals surface area contributed by atoms with Crippen molar-refractivity contribution in [2.75, 3.05) is 12.4 Å². The second-order valence-electron chi connectivity index (χ2n) is 8.75. The number of aromatic nitrogens is 4. The maximum absolute atomic E-state index is 14.1. The summed E-state index contributed by atoms with van der Waals surface area (Å²) in [5.74, 6) is 0.581. The second kappa shape index (κ2) is 8.78. The van der Waals surface area contributed by atoms with E-state index in [9.17, 15) is 18.0 Å². The van der Waals surface area contributed by atoms with Gasteiger partial charge >= 0.3 is 6.18 Å². The Bertz CT molecular complexity index is 1520. The normalized spacial score (nSPS) is 14.9. The highest BCUT2D eigenvalue weighted by atomic mass is 19.4. The van der Waals surface area contributed by atoms with Gasteiger partial charge in [0.25, 0.3) is 5.56 Å². The van der Waals surface area contributed by atoms with E-state index in [0.29, 0.717) is 40.2 Å². The van der Waals surface area contributed by atoms with E-state index in [1.807, 2.05) is 26.0 Å². The minimum absolute atomic E-state index is 0.0798. The van der Waals surface area contributed by atoms with Gasteiger partial charge in [-0.25, -0.2) is 0 Å². The van der Waals surface area contributed by atoms with Gasteiger partial charge in [-0.05, 0) is 68.3 Å². The molecule has 0 amide bonds. The quantitative estimate of drug-likeness (QED) is 0.429. The largest absolute Gasteiger partial charge is 0.497 e. The summed E-state index contributed by atoms with van der Waals surface area (Å²) in [6.45, 7) is 3.79. The molecule has 7 nitrogen and oxygen atoms in total. The molecule has 0 aliphatic carbocycles. The number of alkyl halides is 3. The van der Waals surface area contributed by atoms with Crippen LogP contribution < -0.4 is 15.6 Å². The number of hydrogen-bond donors (Lipinski definition) is 1. The summed E-state index contributed by atoms with van der Waals surface area (Å²) in [5, 5.41) is 15.4. The van der Waals surface area contributed by atoms with Crippen molar-refractivity contribution in [3.8, 4) is 34.0 Å². The first-order chi connectivity index (χ1) is 17.2. The van der Waals surface area contributed by atoms with E-state index in [1.54, 1.807) is 18.2 Å². The minimum Gasteiger partial charge on any atom is -0.497 e. The van der Waals surface area contributed by atoms with Crippen molar-refractivity contribution in [2.24, 2.45) is 0 Å². The van der Waals surface area contributed by atoms with Crippen LogP contribution in [0.1, 0.15) is 23.6 Å². The van der Waals surface area contributed by atoms with Gasteiger partial charge in [0.2, 0.25) is 0 Å². The third kappa shape index (κ3) is 4.19. The average molecular weight is 493 g/mol. The number of aryl methyl sites for hydroxylation is 1. The standard InChI is InChI=1S/C26H22F3N5O2/c1-14-9-17(12-18(10-14)36-3)23-19-11-15(2)31-24(19)25(35)34(33-23)22-13-16(21-5-4-8-30-32-21)6-7-20(22)26(27,28)29/h4-10,12-13,15,31H,11H2,1-3H3. The number of ether oxygens (including phenoxy) is 1. The highest BCUT2D eigenvalue weighted by molar-refractivity contribution is 5.74. The second-order valence-corrected chi connectivity index (χ2v) is 8.75. The maximum atomic E-state index is 14.1. The Morgan fingerprint density at radius 2 is 1.92 bits per heavy atom. The van der Waals surface area contributed by atoms with Crippen molar-refractivity contribution in [1.82, 2.24) is 20.0 Å². The van der Waals surface area contributed by atoms with Crippen LogP contribution >= 0.6 is 0 Å². The Labute approximate surface area is 204 Å². The molecule has 0 radical (unpaired) electrons. The van der Waals surface area contributed by atoms with Crippen LogP contribution in [-0.2, 0) is 12.6 Å². The highest BCUT2D eigenvalue weighted by Crippen LogP contribution is 2.38. The number of hydrogen-bond acceptors (Lipinski definition) is 6. The van der Waals surface area contributed by atoms with Crippen molar-refractivity contribution < 1.29 is 17.9 Å². The van der Waals surface area contributed by atoms with Crippen molar-refractivity contribution >= 4 is 5.69 Å². The lowest BCUT2D eigenvalue weighted by atomic mass is 10.0. The summed E-state index contributed by atoms with van der Waals surface area (Å²) >= 11 is 0. The Morgan fingerprint density at radius 1 is 1.11 bits per heavy atom. The van der Waals surface area contributed by atoms with Crippen LogP contribution in [0.3, 0.4) is 0 Å². The van der Waals surface area contributed by atoms with E-state index in [-0.39, 0.29) is 17.4 Å². The number of rotatable bonds is 4. The molecule has 1 aliphatic rings. The van der Waals surface area contributed by atoms with Crippen molar-refractivity contribution in [1.29, 1.82) is 0 Å². The third-order valence-electron chi connectivity index (χ3n) is 6.05. The zero-order chi connectivity index (χ0) is 25.6. The first-order valence-electron chi connectivity index (χ1n) is 11.2. The fraction of sp³-hybridized carbons (Fsp3) is 0.231. The molecule has 0 fully saturated rings. The van der Waals surface area contributed by atoms with Gasteiger partial charge in [-0.1, -0.05) is 6.07 Å². The first kappa shape index (κ1) is 23.5. The molecule has 2 aromatic heterocycles. The van der Waals surface area contributed by atoms with Gasteiger partial charge in [0, 0.05) is 28.9 Å². The molecule has 3 heterocycles. The van der Waals surface area contributed by atoms with Crippen LogP contribution in [0.5, 0.6) is 5.75 Å². The number of anilines is 1. The van der Waals surface area contributed by atoms with E-state index >= 15 is 0 Å². The molecule has 184 valence electrons. The molecular formula is C26H22F3N5O2. The highest BCUT2D eigenvalue weighted by Gasteiger charge is 2.36. The predicted molar refractivity (Wildman–Crippen MR) is 129 cm³/mol.